The molecule has 1 heterocycles. The number of thioether (sulfide) groups is 1. The second-order valence-electron chi connectivity index (χ2n) is 11.3. The first-order valence-corrected chi connectivity index (χ1v) is 15.8. The molecule has 2 aromatic carbocycles. The second kappa shape index (κ2) is 15.8. The minimum absolute atomic E-state index is 0.0367. The Balaban J connectivity index is 1.46. The molecule has 1 aliphatic heterocycles. The Kier molecular flexibility index (Phi) is 11.9. The van der Waals surface area contributed by atoms with Crippen molar-refractivity contribution in [2.75, 3.05) is 19.0 Å². The van der Waals surface area contributed by atoms with E-state index in [1.165, 1.54) is 5.56 Å². The number of amides is 2. The number of ether oxygens (including phenoxy) is 1. The second-order valence-corrected chi connectivity index (χ2v) is 12.3. The number of esters is 1. The van der Waals surface area contributed by atoms with E-state index in [2.05, 4.69) is 22.8 Å². The van der Waals surface area contributed by atoms with E-state index in [9.17, 15) is 19.5 Å². The summed E-state index contributed by atoms with van der Waals surface area (Å²) in [5.41, 5.74) is 1.67. The van der Waals surface area contributed by atoms with E-state index in [0.29, 0.717) is 25.0 Å². The quantitative estimate of drug-likeness (QED) is 0.282. The van der Waals surface area contributed by atoms with Crippen molar-refractivity contribution >= 4 is 29.5 Å². The maximum atomic E-state index is 13.5. The van der Waals surface area contributed by atoms with Gasteiger partial charge in [-0.3, -0.25) is 14.4 Å². The van der Waals surface area contributed by atoms with Gasteiger partial charge in [-0.25, -0.2) is 0 Å². The number of cyclic esters (lactones) is 1. The molecule has 0 unspecified atom stereocenters. The van der Waals surface area contributed by atoms with E-state index in [4.69, 9.17) is 4.74 Å². The smallest absolute Gasteiger partial charge is 0.309 e. The van der Waals surface area contributed by atoms with Gasteiger partial charge < -0.3 is 20.5 Å². The zero-order chi connectivity index (χ0) is 28.9. The van der Waals surface area contributed by atoms with Gasteiger partial charge >= 0.3 is 5.97 Å². The molecular weight excluding hydrogens is 536 g/mol. The molecule has 2 amide bonds. The third-order valence-electron chi connectivity index (χ3n) is 7.94. The fourth-order valence-electron chi connectivity index (χ4n) is 5.55. The SMILES string of the molecule is O=C(C[C@H]1CC=CC[C@H](Cc2ccccc2)C(=O)OC[C@H](CSCc2ccccc2)NC1=O)NC1(CO)CCCC1. The molecule has 0 saturated heterocycles. The number of allylic oxidation sites excluding steroid dienone is 2. The normalized spacial score (nSPS) is 23.1. The Hall–Kier alpha value is -3.10. The summed E-state index contributed by atoms with van der Waals surface area (Å²) in [6.45, 7) is -0.0156. The van der Waals surface area contributed by atoms with Crippen molar-refractivity contribution in [3.63, 3.8) is 0 Å². The van der Waals surface area contributed by atoms with Crippen LogP contribution in [0, 0.1) is 11.8 Å². The van der Waals surface area contributed by atoms with E-state index in [1.54, 1.807) is 11.8 Å². The average Bonchev–Trinajstić information content (AvgIpc) is 3.45. The standard InChI is InChI=1S/C33H42N2O5S/c36-24-33(17-9-10-18-33)35-30(37)20-27-15-7-8-16-28(19-25-11-3-1-4-12-25)32(39)40-21-29(34-31(27)38)23-41-22-26-13-5-2-6-14-26/h1-8,11-14,27-29,36H,9-10,15-24H2,(H,34,38)(H,35,37)/t27-,28-,29-/m1/s1. The van der Waals surface area contributed by atoms with Gasteiger partial charge in [-0.05, 0) is 43.2 Å². The topological polar surface area (TPSA) is 105 Å². The molecular formula is C33H42N2O5S. The van der Waals surface area contributed by atoms with Crippen molar-refractivity contribution in [1.82, 2.24) is 10.6 Å². The van der Waals surface area contributed by atoms with E-state index >= 15 is 0 Å². The number of carbonyl (C=O) groups is 3. The third-order valence-corrected chi connectivity index (χ3v) is 9.12. The van der Waals surface area contributed by atoms with Gasteiger partial charge in [0.05, 0.1) is 30.0 Å². The number of carbonyl (C=O) groups excluding carboxylic acids is 3. The highest BCUT2D eigenvalue weighted by atomic mass is 32.2. The lowest BCUT2D eigenvalue weighted by Crippen LogP contribution is -2.50. The number of aliphatic hydroxyl groups excluding tert-OH is 1. The van der Waals surface area contributed by atoms with Crippen LogP contribution in [0.1, 0.15) is 56.1 Å². The van der Waals surface area contributed by atoms with Crippen LogP contribution in [0.4, 0.5) is 0 Å². The van der Waals surface area contributed by atoms with E-state index < -0.39 is 11.5 Å². The number of benzene rings is 2. The molecule has 41 heavy (non-hydrogen) atoms. The first kappa shape index (κ1) is 30.8. The first-order chi connectivity index (χ1) is 20.0. The van der Waals surface area contributed by atoms with Gasteiger partial charge in [0, 0.05) is 17.9 Å². The van der Waals surface area contributed by atoms with Crippen molar-refractivity contribution < 1.29 is 24.2 Å². The Morgan fingerprint density at radius 1 is 0.951 bits per heavy atom. The molecule has 7 nitrogen and oxygen atoms in total. The zero-order valence-corrected chi connectivity index (χ0v) is 24.5. The number of hydrogen-bond donors (Lipinski definition) is 3. The van der Waals surface area contributed by atoms with Crippen molar-refractivity contribution in [3.8, 4) is 0 Å². The van der Waals surface area contributed by atoms with Crippen LogP contribution in [0.2, 0.25) is 0 Å². The minimum atomic E-state index is -0.579. The molecule has 0 spiro atoms. The summed E-state index contributed by atoms with van der Waals surface area (Å²) in [6.07, 6.45) is 8.76. The highest BCUT2D eigenvalue weighted by molar-refractivity contribution is 7.98. The molecule has 0 aromatic heterocycles. The molecule has 1 aliphatic carbocycles. The summed E-state index contributed by atoms with van der Waals surface area (Å²) >= 11 is 1.67. The fourth-order valence-corrected chi connectivity index (χ4v) is 6.56. The van der Waals surface area contributed by atoms with Crippen LogP contribution in [0.5, 0.6) is 0 Å². The van der Waals surface area contributed by atoms with E-state index in [-0.39, 0.29) is 49.4 Å². The van der Waals surface area contributed by atoms with Crippen LogP contribution in [0.15, 0.2) is 72.8 Å². The molecule has 220 valence electrons. The van der Waals surface area contributed by atoms with Gasteiger partial charge in [0.25, 0.3) is 0 Å². The van der Waals surface area contributed by atoms with E-state index in [0.717, 1.165) is 37.0 Å². The van der Waals surface area contributed by atoms with Crippen LogP contribution in [0.3, 0.4) is 0 Å². The Morgan fingerprint density at radius 2 is 1.59 bits per heavy atom. The Bertz CT molecular complexity index is 1150. The molecule has 0 bridgehead atoms. The first-order valence-electron chi connectivity index (χ1n) is 14.7. The van der Waals surface area contributed by atoms with Crippen LogP contribution >= 0.6 is 11.8 Å². The monoisotopic (exact) mass is 578 g/mol. The van der Waals surface area contributed by atoms with Crippen LogP contribution in [-0.4, -0.2) is 53.4 Å². The highest BCUT2D eigenvalue weighted by Gasteiger charge is 2.35. The number of rotatable bonds is 10. The van der Waals surface area contributed by atoms with Crippen molar-refractivity contribution in [1.29, 1.82) is 0 Å². The largest absolute Gasteiger partial charge is 0.463 e. The maximum absolute atomic E-state index is 13.5. The van der Waals surface area contributed by atoms with Crippen LogP contribution in [-0.2, 0) is 31.3 Å². The summed E-state index contributed by atoms with van der Waals surface area (Å²) in [7, 11) is 0. The number of aliphatic hydroxyl groups is 1. The van der Waals surface area contributed by atoms with Gasteiger partial charge in [-0.1, -0.05) is 85.7 Å². The summed E-state index contributed by atoms with van der Waals surface area (Å²) in [4.78, 5) is 39.7. The maximum Gasteiger partial charge on any atom is 0.309 e. The fraction of sp³-hybridized carbons (Fsp3) is 0.485. The average molecular weight is 579 g/mol. The number of nitrogens with one attached hydrogen (secondary N) is 2. The van der Waals surface area contributed by atoms with Crippen molar-refractivity contribution in [2.45, 2.75) is 68.7 Å². The summed E-state index contributed by atoms with van der Waals surface area (Å²) in [5.74, 6) is -0.271. The van der Waals surface area contributed by atoms with Crippen molar-refractivity contribution in [2.24, 2.45) is 11.8 Å². The predicted molar refractivity (Wildman–Crippen MR) is 162 cm³/mol. The molecule has 1 saturated carbocycles. The van der Waals surface area contributed by atoms with Crippen LogP contribution in [0.25, 0.3) is 0 Å². The molecule has 0 radical (unpaired) electrons. The van der Waals surface area contributed by atoms with Gasteiger partial charge in [0.1, 0.15) is 6.61 Å². The molecule has 4 rings (SSSR count). The Morgan fingerprint density at radius 3 is 2.24 bits per heavy atom. The van der Waals surface area contributed by atoms with Gasteiger partial charge in [0.15, 0.2) is 0 Å². The molecule has 3 atom stereocenters. The minimum Gasteiger partial charge on any atom is -0.463 e. The molecule has 2 aliphatic rings. The predicted octanol–water partition coefficient (Wildman–Crippen LogP) is 4.58. The lowest BCUT2D eigenvalue weighted by atomic mass is 9.93. The van der Waals surface area contributed by atoms with Crippen molar-refractivity contribution in [3.05, 3.63) is 83.9 Å². The highest BCUT2D eigenvalue weighted by Crippen LogP contribution is 2.29. The van der Waals surface area contributed by atoms with Gasteiger partial charge in [-0.15, -0.1) is 0 Å². The zero-order valence-electron chi connectivity index (χ0n) is 23.6. The summed E-state index contributed by atoms with van der Waals surface area (Å²) < 4.78 is 5.79. The van der Waals surface area contributed by atoms with Crippen LogP contribution < -0.4 is 10.6 Å². The molecule has 1 fully saturated rings. The molecule has 3 N–H and O–H groups in total. The molecule has 2 aromatic rings. The third kappa shape index (κ3) is 9.75. The lowest BCUT2D eigenvalue weighted by molar-refractivity contribution is -0.149. The summed E-state index contributed by atoms with van der Waals surface area (Å²) in [5, 5.41) is 16.0. The van der Waals surface area contributed by atoms with Gasteiger partial charge in [-0.2, -0.15) is 11.8 Å². The number of hydrogen-bond acceptors (Lipinski definition) is 6. The lowest BCUT2D eigenvalue weighted by Gasteiger charge is -2.29. The summed E-state index contributed by atoms with van der Waals surface area (Å²) in [6, 6.07) is 19.6. The Labute approximate surface area is 247 Å². The van der Waals surface area contributed by atoms with E-state index in [1.807, 2.05) is 60.7 Å². The van der Waals surface area contributed by atoms with Gasteiger partial charge in [0.2, 0.25) is 11.8 Å². The molecule has 8 heteroatoms.